The Labute approximate surface area is 472 Å². The molecule has 11 aromatic carbocycles. The lowest BCUT2D eigenvalue weighted by molar-refractivity contribution is 0.754. The maximum absolute atomic E-state index is 5.34. The molecule has 0 spiro atoms. The molecule has 8 nitrogen and oxygen atoms in total. The molecular formula is C74H46N8. The van der Waals surface area contributed by atoms with Gasteiger partial charge in [0.25, 0.3) is 0 Å². The van der Waals surface area contributed by atoms with E-state index in [9.17, 15) is 0 Å². The van der Waals surface area contributed by atoms with Gasteiger partial charge in [-0.3, -0.25) is 0 Å². The van der Waals surface area contributed by atoms with E-state index in [1.807, 2.05) is 36.4 Å². The van der Waals surface area contributed by atoms with Crippen LogP contribution in [0.4, 0.5) is 0 Å². The van der Waals surface area contributed by atoms with Crippen LogP contribution < -0.4 is 0 Å². The second kappa shape index (κ2) is 18.3. The molecule has 0 radical (unpaired) electrons. The molecule has 0 amide bonds. The minimum absolute atomic E-state index is 0.0182. The normalized spacial score (nSPS) is 14.1. The molecule has 382 valence electrons. The van der Waals surface area contributed by atoms with Gasteiger partial charge in [0, 0.05) is 78.1 Å². The fraction of sp³-hybridized carbons (Fsp3) is 0.0270. The van der Waals surface area contributed by atoms with Crippen LogP contribution in [-0.4, -0.2) is 39.0 Å². The largest absolute Gasteiger partial charge is 0.309 e. The van der Waals surface area contributed by atoms with Gasteiger partial charge in [0.15, 0.2) is 34.9 Å². The van der Waals surface area contributed by atoms with E-state index in [-0.39, 0.29) is 11.8 Å². The average molecular weight is 1050 g/mol. The first-order valence-electron chi connectivity index (χ1n) is 27.8. The number of benzene rings is 11. The highest BCUT2D eigenvalue weighted by Crippen LogP contribution is 2.57. The van der Waals surface area contributed by atoms with E-state index >= 15 is 0 Å². The Morgan fingerprint density at radius 3 is 0.854 bits per heavy atom. The zero-order valence-corrected chi connectivity index (χ0v) is 44.1. The molecule has 82 heavy (non-hydrogen) atoms. The summed E-state index contributed by atoms with van der Waals surface area (Å²) < 4.78 is 4.67. The summed E-state index contributed by atoms with van der Waals surface area (Å²) in [5, 5.41) is 4.86. The lowest BCUT2D eigenvalue weighted by Crippen LogP contribution is -2.27. The number of rotatable bonds is 8. The summed E-state index contributed by atoms with van der Waals surface area (Å²) in [5.74, 6) is 3.68. The number of para-hydroxylation sites is 4. The first kappa shape index (κ1) is 46.0. The first-order chi connectivity index (χ1) is 40.6. The van der Waals surface area contributed by atoms with Gasteiger partial charge in [-0.2, -0.15) is 0 Å². The van der Waals surface area contributed by atoms with Crippen LogP contribution in [0.25, 0.3) is 123 Å². The molecule has 0 saturated heterocycles. The van der Waals surface area contributed by atoms with Crippen LogP contribution in [0.2, 0.25) is 0 Å². The minimum atomic E-state index is -0.0182. The lowest BCUT2D eigenvalue weighted by Gasteiger charge is -2.42. The van der Waals surface area contributed by atoms with Crippen LogP contribution in [0.15, 0.2) is 267 Å². The molecule has 4 aromatic heterocycles. The fourth-order valence-electron chi connectivity index (χ4n) is 13.2. The number of nitrogens with zero attached hydrogens (tertiary/aromatic N) is 8. The SMILES string of the molecule is c1ccc(-c2nc(-c3cccc(-n4c5ccccc5c5ccccc54)c3)nc(-c3ccc4c(c3)C3c5ccccc5C4c4cc(-c5nc(-c6ccccc6)nc(-c6cccc(-n7c8ccccc8c8ccccc87)c6)n5)ccc43)n2)cc1. The second-order valence-corrected chi connectivity index (χ2v) is 21.4. The topological polar surface area (TPSA) is 87.2 Å². The molecule has 0 N–H and O–H groups in total. The van der Waals surface area contributed by atoms with Crippen molar-refractivity contribution < 1.29 is 0 Å². The number of aromatic nitrogens is 8. The standard InChI is InChI=1S/C74H46N8/c1-3-19-45(20-4-1)69-75-71(47-23-17-25-51(41-47)81-63-33-13-9-27-53(63)54-28-10-14-34-64(54)81)79-73(77-69)49-37-39-59-61(43-49)67-57-31-7-8-32-58(57)68(59)62-44-50(38-40-60(62)67)74-78-70(46-21-5-2-6-22-46)76-72(80-74)48-24-18-26-52(42-48)82-65-35-15-11-29-55(65)56-30-12-16-36-66(56)82/h1-44,67-68H. The Bertz CT molecular complexity index is 4650. The van der Waals surface area contributed by atoms with Crippen LogP contribution in [0, 0.1) is 0 Å². The van der Waals surface area contributed by atoms with Gasteiger partial charge < -0.3 is 9.13 Å². The highest BCUT2D eigenvalue weighted by atomic mass is 15.1. The molecule has 18 rings (SSSR count). The summed E-state index contributed by atoms with van der Waals surface area (Å²) in [6, 6.07) is 94.6. The number of hydrogen-bond donors (Lipinski definition) is 0. The van der Waals surface area contributed by atoms with E-state index in [1.54, 1.807) is 0 Å². The zero-order valence-electron chi connectivity index (χ0n) is 44.1. The van der Waals surface area contributed by atoms with Crippen molar-refractivity contribution in [2.75, 3.05) is 0 Å². The van der Waals surface area contributed by atoms with Gasteiger partial charge in [-0.15, -0.1) is 0 Å². The third-order valence-corrected chi connectivity index (χ3v) is 16.8. The van der Waals surface area contributed by atoms with Crippen LogP contribution in [0.5, 0.6) is 0 Å². The summed E-state index contributed by atoms with van der Waals surface area (Å²) in [6.45, 7) is 0. The number of fused-ring (bicyclic) bond motifs is 6. The van der Waals surface area contributed by atoms with Crippen molar-refractivity contribution in [1.29, 1.82) is 0 Å². The van der Waals surface area contributed by atoms with Crippen molar-refractivity contribution in [3.8, 4) is 79.7 Å². The molecule has 2 atom stereocenters. The molecule has 8 heteroatoms. The van der Waals surface area contributed by atoms with Gasteiger partial charge in [0.1, 0.15) is 0 Å². The predicted molar refractivity (Wildman–Crippen MR) is 329 cm³/mol. The van der Waals surface area contributed by atoms with E-state index in [1.165, 1.54) is 54.9 Å². The Hall–Kier alpha value is -11.0. The van der Waals surface area contributed by atoms with E-state index in [4.69, 9.17) is 29.9 Å². The van der Waals surface area contributed by atoms with Crippen molar-refractivity contribution in [1.82, 2.24) is 39.0 Å². The van der Waals surface area contributed by atoms with Crippen LogP contribution >= 0.6 is 0 Å². The third-order valence-electron chi connectivity index (χ3n) is 16.8. The van der Waals surface area contributed by atoms with Crippen LogP contribution in [0.3, 0.4) is 0 Å². The van der Waals surface area contributed by atoms with Gasteiger partial charge in [0.2, 0.25) is 0 Å². The van der Waals surface area contributed by atoms with Gasteiger partial charge in [-0.05, 0) is 94.0 Å². The maximum Gasteiger partial charge on any atom is 0.164 e. The molecule has 2 unspecified atom stereocenters. The number of hydrogen-bond acceptors (Lipinski definition) is 6. The highest BCUT2D eigenvalue weighted by molar-refractivity contribution is 6.10. The molecule has 3 aliphatic carbocycles. The Morgan fingerprint density at radius 1 is 0.207 bits per heavy atom. The zero-order chi connectivity index (χ0) is 53.8. The average Bonchev–Trinajstić information content (AvgIpc) is 1.80. The maximum atomic E-state index is 5.34. The van der Waals surface area contributed by atoms with E-state index < -0.39 is 0 Å². The van der Waals surface area contributed by atoms with Crippen molar-refractivity contribution in [2.45, 2.75) is 11.8 Å². The summed E-state index contributed by atoms with van der Waals surface area (Å²) >= 11 is 0. The van der Waals surface area contributed by atoms with Crippen LogP contribution in [-0.2, 0) is 0 Å². The van der Waals surface area contributed by atoms with Gasteiger partial charge >= 0.3 is 0 Å². The van der Waals surface area contributed by atoms with Crippen molar-refractivity contribution in [2.24, 2.45) is 0 Å². The summed E-state index contributed by atoms with van der Waals surface area (Å²) in [4.78, 5) is 31.6. The molecule has 2 bridgehead atoms. The first-order valence-corrected chi connectivity index (χ1v) is 27.8. The highest BCUT2D eigenvalue weighted by Gasteiger charge is 2.42. The van der Waals surface area contributed by atoms with Gasteiger partial charge in [-0.25, -0.2) is 29.9 Å². The van der Waals surface area contributed by atoms with E-state index in [0.717, 1.165) is 66.8 Å². The molecule has 4 heterocycles. The molecule has 0 aliphatic heterocycles. The smallest absolute Gasteiger partial charge is 0.164 e. The van der Waals surface area contributed by atoms with E-state index in [2.05, 4.69) is 240 Å². The quantitative estimate of drug-likeness (QED) is 0.151. The lowest BCUT2D eigenvalue weighted by atomic mass is 9.61. The Kier molecular flexibility index (Phi) is 10.3. The Balaban J connectivity index is 0.776. The summed E-state index contributed by atoms with van der Waals surface area (Å²) in [6.07, 6.45) is 0. The Morgan fingerprint density at radius 2 is 0.488 bits per heavy atom. The molecule has 3 aliphatic rings. The van der Waals surface area contributed by atoms with Gasteiger partial charge in [-0.1, -0.05) is 206 Å². The van der Waals surface area contributed by atoms with Crippen LogP contribution in [0.1, 0.15) is 45.2 Å². The molecule has 15 aromatic rings. The monoisotopic (exact) mass is 1050 g/mol. The third kappa shape index (κ3) is 7.24. The van der Waals surface area contributed by atoms with Crippen molar-refractivity contribution in [3.05, 3.63) is 300 Å². The van der Waals surface area contributed by atoms with Gasteiger partial charge in [0.05, 0.1) is 22.1 Å². The van der Waals surface area contributed by atoms with E-state index in [0.29, 0.717) is 34.9 Å². The fourth-order valence-corrected chi connectivity index (χ4v) is 13.2. The summed E-state index contributed by atoms with van der Waals surface area (Å²) in [7, 11) is 0. The minimum Gasteiger partial charge on any atom is -0.309 e. The predicted octanol–water partition coefficient (Wildman–Crippen LogP) is 17.2. The summed E-state index contributed by atoms with van der Waals surface area (Å²) in [5.41, 5.74) is 19.9. The van der Waals surface area contributed by atoms with Crippen molar-refractivity contribution >= 4 is 43.6 Å². The molecule has 0 saturated carbocycles. The van der Waals surface area contributed by atoms with Crippen molar-refractivity contribution in [3.63, 3.8) is 0 Å². The molecule has 0 fully saturated rings. The molecular weight excluding hydrogens is 1000 g/mol. The second-order valence-electron chi connectivity index (χ2n) is 21.4.